The zero-order valence-corrected chi connectivity index (χ0v) is 13.6. The summed E-state index contributed by atoms with van der Waals surface area (Å²) in [6.07, 6.45) is 0.924. The molecule has 4 heteroatoms. The van der Waals surface area contributed by atoms with E-state index in [1.54, 1.807) is 7.11 Å². The van der Waals surface area contributed by atoms with E-state index < -0.39 is 0 Å². The first kappa shape index (κ1) is 16.3. The van der Waals surface area contributed by atoms with Crippen molar-refractivity contribution in [2.24, 2.45) is 0 Å². The largest absolute Gasteiger partial charge is 0.497 e. The molecule has 2 aromatic rings. The number of benzene rings is 1. The number of hydrogen-bond acceptors (Lipinski definition) is 3. The van der Waals surface area contributed by atoms with E-state index in [0.717, 1.165) is 42.1 Å². The highest BCUT2D eigenvalue weighted by molar-refractivity contribution is 5.61. The first-order chi connectivity index (χ1) is 10.7. The summed E-state index contributed by atoms with van der Waals surface area (Å²) in [5.41, 5.74) is 2.89. The summed E-state index contributed by atoms with van der Waals surface area (Å²) in [4.78, 5) is 12.7. The highest BCUT2D eigenvalue weighted by atomic mass is 16.5. The Labute approximate surface area is 131 Å². The maximum atomic E-state index is 12.7. The predicted octanol–water partition coefficient (Wildman–Crippen LogP) is 3.04. The minimum absolute atomic E-state index is 0.0936. The van der Waals surface area contributed by atoms with Gasteiger partial charge in [0.05, 0.1) is 12.8 Å². The summed E-state index contributed by atoms with van der Waals surface area (Å²) >= 11 is 0. The Morgan fingerprint density at radius 3 is 2.41 bits per heavy atom. The molecule has 1 heterocycles. The van der Waals surface area contributed by atoms with Crippen molar-refractivity contribution in [2.75, 3.05) is 13.7 Å². The Balaban J connectivity index is 2.45. The average molecular weight is 300 g/mol. The summed E-state index contributed by atoms with van der Waals surface area (Å²) in [5.74, 6) is 0.817. The third-order valence-corrected chi connectivity index (χ3v) is 3.65. The number of hydrogen-bond donors (Lipinski definition) is 1. The minimum Gasteiger partial charge on any atom is -0.497 e. The fourth-order valence-electron chi connectivity index (χ4n) is 2.48. The van der Waals surface area contributed by atoms with Crippen LogP contribution in [0.2, 0.25) is 0 Å². The second-order valence-corrected chi connectivity index (χ2v) is 5.21. The average Bonchev–Trinajstić information content (AvgIpc) is 2.56. The number of methoxy groups -OCH3 is 1. The van der Waals surface area contributed by atoms with E-state index in [9.17, 15) is 4.79 Å². The Kier molecular flexibility index (Phi) is 5.78. The van der Waals surface area contributed by atoms with Gasteiger partial charge in [0.2, 0.25) is 0 Å². The minimum atomic E-state index is 0.0936. The van der Waals surface area contributed by atoms with E-state index in [0.29, 0.717) is 6.54 Å². The molecule has 1 N–H and O–H groups in total. The van der Waals surface area contributed by atoms with Crippen LogP contribution < -0.4 is 15.6 Å². The van der Waals surface area contributed by atoms with E-state index in [4.69, 9.17) is 4.74 Å². The van der Waals surface area contributed by atoms with Crippen molar-refractivity contribution in [3.8, 4) is 17.0 Å². The molecule has 1 aromatic heterocycles. The van der Waals surface area contributed by atoms with E-state index in [1.807, 2.05) is 47.9 Å². The van der Waals surface area contributed by atoms with Crippen molar-refractivity contribution in [3.63, 3.8) is 0 Å². The lowest BCUT2D eigenvalue weighted by molar-refractivity contribution is 0.415. The predicted molar refractivity (Wildman–Crippen MR) is 90.4 cm³/mol. The monoisotopic (exact) mass is 300 g/mol. The van der Waals surface area contributed by atoms with Gasteiger partial charge in [-0.3, -0.25) is 4.79 Å². The summed E-state index contributed by atoms with van der Waals surface area (Å²) in [6.45, 7) is 6.31. The molecule has 22 heavy (non-hydrogen) atoms. The van der Waals surface area contributed by atoms with Crippen LogP contribution in [0.15, 0.2) is 41.2 Å². The molecule has 0 atom stereocenters. The molecule has 118 valence electrons. The number of aromatic nitrogens is 1. The molecule has 0 saturated heterocycles. The van der Waals surface area contributed by atoms with Crippen molar-refractivity contribution >= 4 is 0 Å². The maximum absolute atomic E-state index is 12.7. The van der Waals surface area contributed by atoms with Gasteiger partial charge in [0.25, 0.3) is 5.56 Å². The van der Waals surface area contributed by atoms with E-state index in [-0.39, 0.29) is 5.56 Å². The van der Waals surface area contributed by atoms with Gasteiger partial charge in [-0.1, -0.05) is 19.9 Å². The van der Waals surface area contributed by atoms with E-state index >= 15 is 0 Å². The molecule has 0 aliphatic rings. The van der Waals surface area contributed by atoms with Gasteiger partial charge in [-0.2, -0.15) is 0 Å². The number of ether oxygens (including phenoxy) is 1. The number of nitrogens with one attached hydrogen (secondary N) is 1. The fourth-order valence-corrected chi connectivity index (χ4v) is 2.48. The van der Waals surface area contributed by atoms with Crippen molar-refractivity contribution in [1.82, 2.24) is 9.88 Å². The van der Waals surface area contributed by atoms with Gasteiger partial charge in [0.1, 0.15) is 5.75 Å². The Morgan fingerprint density at radius 1 is 1.09 bits per heavy atom. The molecule has 0 aliphatic carbocycles. The van der Waals surface area contributed by atoms with Crippen LogP contribution in [-0.4, -0.2) is 18.2 Å². The van der Waals surface area contributed by atoms with Crippen LogP contribution in [0.1, 0.15) is 25.8 Å². The zero-order valence-electron chi connectivity index (χ0n) is 13.6. The standard InChI is InChI=1S/C18H24N2O2/c1-4-12-20-17(14-6-9-16(22-3)10-7-14)11-8-15(18(20)21)13-19-5-2/h6-11,19H,4-5,12-13H2,1-3H3. The van der Waals surface area contributed by atoms with Crippen LogP contribution in [-0.2, 0) is 13.1 Å². The molecule has 0 fully saturated rings. The van der Waals surface area contributed by atoms with Crippen LogP contribution in [0.4, 0.5) is 0 Å². The van der Waals surface area contributed by atoms with Crippen molar-refractivity contribution in [2.45, 2.75) is 33.4 Å². The van der Waals surface area contributed by atoms with Crippen LogP contribution in [0, 0.1) is 0 Å². The smallest absolute Gasteiger partial charge is 0.255 e. The fraction of sp³-hybridized carbons (Fsp3) is 0.389. The third kappa shape index (κ3) is 3.57. The molecule has 2 rings (SSSR count). The maximum Gasteiger partial charge on any atom is 0.255 e. The zero-order chi connectivity index (χ0) is 15.9. The van der Waals surface area contributed by atoms with E-state index in [2.05, 4.69) is 12.2 Å². The number of pyridine rings is 1. The third-order valence-electron chi connectivity index (χ3n) is 3.65. The first-order valence-electron chi connectivity index (χ1n) is 7.79. The second kappa shape index (κ2) is 7.80. The highest BCUT2D eigenvalue weighted by Crippen LogP contribution is 2.22. The van der Waals surface area contributed by atoms with Crippen molar-refractivity contribution < 1.29 is 4.74 Å². The van der Waals surface area contributed by atoms with Gasteiger partial charge in [0.15, 0.2) is 0 Å². The molecule has 0 spiro atoms. The lowest BCUT2D eigenvalue weighted by atomic mass is 10.1. The van der Waals surface area contributed by atoms with Crippen molar-refractivity contribution in [3.05, 3.63) is 52.3 Å². The molecule has 0 unspecified atom stereocenters. The van der Waals surface area contributed by atoms with Crippen LogP contribution in [0.25, 0.3) is 11.3 Å². The van der Waals surface area contributed by atoms with Crippen LogP contribution in [0.5, 0.6) is 5.75 Å². The van der Waals surface area contributed by atoms with Gasteiger partial charge >= 0.3 is 0 Å². The topological polar surface area (TPSA) is 43.3 Å². The Bertz CT molecular complexity index is 660. The van der Waals surface area contributed by atoms with Crippen LogP contribution in [0.3, 0.4) is 0 Å². The molecule has 4 nitrogen and oxygen atoms in total. The molecule has 0 saturated carbocycles. The van der Waals surface area contributed by atoms with Gasteiger partial charge in [0, 0.05) is 18.7 Å². The molecule has 1 aromatic carbocycles. The summed E-state index contributed by atoms with van der Waals surface area (Å²) in [6, 6.07) is 11.8. The number of rotatable bonds is 7. The molecule has 0 amide bonds. The molecular formula is C18H24N2O2. The highest BCUT2D eigenvalue weighted by Gasteiger charge is 2.10. The molecule has 0 radical (unpaired) electrons. The lowest BCUT2D eigenvalue weighted by Crippen LogP contribution is -2.28. The summed E-state index contributed by atoms with van der Waals surface area (Å²) < 4.78 is 7.06. The summed E-state index contributed by atoms with van der Waals surface area (Å²) in [5, 5.41) is 3.22. The second-order valence-electron chi connectivity index (χ2n) is 5.21. The molecular weight excluding hydrogens is 276 g/mol. The van der Waals surface area contributed by atoms with Crippen LogP contribution >= 0.6 is 0 Å². The number of nitrogens with zero attached hydrogens (tertiary/aromatic N) is 1. The quantitative estimate of drug-likeness (QED) is 0.854. The Hall–Kier alpha value is -2.07. The van der Waals surface area contributed by atoms with Crippen molar-refractivity contribution in [1.29, 1.82) is 0 Å². The molecule has 0 bridgehead atoms. The summed E-state index contributed by atoms with van der Waals surface area (Å²) in [7, 11) is 1.65. The Morgan fingerprint density at radius 2 is 1.82 bits per heavy atom. The van der Waals surface area contributed by atoms with Gasteiger partial charge in [-0.15, -0.1) is 0 Å². The van der Waals surface area contributed by atoms with Gasteiger partial charge in [-0.25, -0.2) is 0 Å². The van der Waals surface area contributed by atoms with E-state index in [1.165, 1.54) is 0 Å². The lowest BCUT2D eigenvalue weighted by Gasteiger charge is -2.15. The first-order valence-corrected chi connectivity index (χ1v) is 7.79. The molecule has 0 aliphatic heterocycles. The SMILES string of the molecule is CCCn1c(-c2ccc(OC)cc2)ccc(CNCC)c1=O. The van der Waals surface area contributed by atoms with Gasteiger partial charge in [-0.05, 0) is 48.9 Å². The normalized spacial score (nSPS) is 10.7. The van der Waals surface area contributed by atoms with Gasteiger partial charge < -0.3 is 14.6 Å².